The zero-order valence-electron chi connectivity index (χ0n) is 13.1. The number of nitriles is 1. The molecule has 0 aliphatic carbocycles. The van der Waals surface area contributed by atoms with Crippen LogP contribution in [-0.4, -0.2) is 13.3 Å². The molecule has 0 heterocycles. The van der Waals surface area contributed by atoms with E-state index in [1.807, 2.05) is 5.40 Å². The van der Waals surface area contributed by atoms with Gasteiger partial charge < -0.3 is 0 Å². The average molecular weight is 398 g/mol. The van der Waals surface area contributed by atoms with Crippen LogP contribution in [0.15, 0.2) is 40.1 Å². The van der Waals surface area contributed by atoms with E-state index in [0.29, 0.717) is 16.1 Å². The van der Waals surface area contributed by atoms with Gasteiger partial charge in [0, 0.05) is 16.5 Å². The molecule has 0 saturated heterocycles. The standard InChI is InChI=1S/C15H12ClN3O4S2/c1-9-5-11(24-8-17)3-4-14(9)18-25(22,23)12-6-13(16)10(2)15(7-12)19(20)21/h3-7,18H,1-2H3. The van der Waals surface area contributed by atoms with Crippen molar-refractivity contribution >= 4 is 44.8 Å². The third-order valence-corrected chi connectivity index (χ3v) is 5.72. The molecule has 0 unspecified atom stereocenters. The first kappa shape index (κ1) is 19.1. The Morgan fingerprint density at radius 2 is 1.96 bits per heavy atom. The molecule has 0 amide bonds. The molecule has 0 saturated carbocycles. The van der Waals surface area contributed by atoms with E-state index in [4.69, 9.17) is 16.9 Å². The maximum Gasteiger partial charge on any atom is 0.275 e. The number of benzene rings is 2. The summed E-state index contributed by atoms with van der Waals surface area (Å²) in [6.07, 6.45) is 0. The average Bonchev–Trinajstić information content (AvgIpc) is 2.52. The number of anilines is 1. The van der Waals surface area contributed by atoms with E-state index in [2.05, 4.69) is 4.72 Å². The number of hydrogen-bond acceptors (Lipinski definition) is 6. The van der Waals surface area contributed by atoms with E-state index >= 15 is 0 Å². The summed E-state index contributed by atoms with van der Waals surface area (Å²) in [7, 11) is -4.07. The highest BCUT2D eigenvalue weighted by atomic mass is 35.5. The number of rotatable bonds is 5. The van der Waals surface area contributed by atoms with Crippen molar-refractivity contribution in [2.75, 3.05) is 4.72 Å². The van der Waals surface area contributed by atoms with Gasteiger partial charge in [0.1, 0.15) is 5.40 Å². The largest absolute Gasteiger partial charge is 0.279 e. The van der Waals surface area contributed by atoms with Crippen LogP contribution in [0.1, 0.15) is 11.1 Å². The van der Waals surface area contributed by atoms with Crippen molar-refractivity contribution in [1.29, 1.82) is 5.26 Å². The van der Waals surface area contributed by atoms with Gasteiger partial charge in [0.2, 0.25) is 0 Å². The van der Waals surface area contributed by atoms with Gasteiger partial charge in [0.05, 0.1) is 20.5 Å². The molecule has 1 N–H and O–H groups in total. The predicted octanol–water partition coefficient (Wildman–Crippen LogP) is 4.24. The van der Waals surface area contributed by atoms with Crippen molar-refractivity contribution in [2.45, 2.75) is 23.6 Å². The number of nitro benzene ring substituents is 1. The highest BCUT2D eigenvalue weighted by Crippen LogP contribution is 2.31. The van der Waals surface area contributed by atoms with E-state index in [-0.39, 0.29) is 21.2 Å². The van der Waals surface area contributed by atoms with Crippen LogP contribution in [0, 0.1) is 34.6 Å². The van der Waals surface area contributed by atoms with Crippen LogP contribution in [0.2, 0.25) is 5.02 Å². The van der Waals surface area contributed by atoms with Gasteiger partial charge >= 0.3 is 0 Å². The van der Waals surface area contributed by atoms with Gasteiger partial charge in [0.15, 0.2) is 0 Å². The van der Waals surface area contributed by atoms with Crippen molar-refractivity contribution in [3.05, 3.63) is 56.6 Å². The van der Waals surface area contributed by atoms with Crippen LogP contribution in [-0.2, 0) is 10.0 Å². The molecule has 0 aliphatic rings. The fraction of sp³-hybridized carbons (Fsp3) is 0.133. The fourth-order valence-corrected chi connectivity index (χ4v) is 3.99. The van der Waals surface area contributed by atoms with Crippen molar-refractivity contribution in [2.24, 2.45) is 0 Å². The molecule has 0 radical (unpaired) electrons. The second-order valence-corrected chi connectivity index (χ2v) is 8.03. The lowest BCUT2D eigenvalue weighted by Gasteiger charge is -2.12. The minimum atomic E-state index is -4.07. The third-order valence-electron chi connectivity index (χ3n) is 3.40. The minimum absolute atomic E-state index is 0.00735. The fourth-order valence-electron chi connectivity index (χ4n) is 2.06. The Balaban J connectivity index is 2.44. The Labute approximate surface area is 153 Å². The lowest BCUT2D eigenvalue weighted by Crippen LogP contribution is -2.14. The quantitative estimate of drug-likeness (QED) is 0.349. The molecular weight excluding hydrogens is 386 g/mol. The van der Waals surface area contributed by atoms with Crippen molar-refractivity contribution in [3.63, 3.8) is 0 Å². The molecule has 2 aromatic rings. The van der Waals surface area contributed by atoms with Crippen LogP contribution in [0.25, 0.3) is 0 Å². The van der Waals surface area contributed by atoms with Crippen molar-refractivity contribution < 1.29 is 13.3 Å². The lowest BCUT2D eigenvalue weighted by molar-refractivity contribution is -0.385. The number of nitrogens with one attached hydrogen (secondary N) is 1. The topological polar surface area (TPSA) is 113 Å². The summed E-state index contributed by atoms with van der Waals surface area (Å²) in [4.78, 5) is 10.8. The molecule has 10 heteroatoms. The molecule has 7 nitrogen and oxygen atoms in total. The number of halogens is 1. The summed E-state index contributed by atoms with van der Waals surface area (Å²) < 4.78 is 27.5. The summed E-state index contributed by atoms with van der Waals surface area (Å²) in [5.74, 6) is 0. The van der Waals surface area contributed by atoms with Crippen LogP contribution in [0.5, 0.6) is 0 Å². The predicted molar refractivity (Wildman–Crippen MR) is 96.3 cm³/mol. The van der Waals surface area contributed by atoms with E-state index in [1.165, 1.54) is 19.1 Å². The minimum Gasteiger partial charge on any atom is -0.279 e. The summed E-state index contributed by atoms with van der Waals surface area (Å²) >= 11 is 6.89. The van der Waals surface area contributed by atoms with Gasteiger partial charge in [-0.3, -0.25) is 14.8 Å². The molecule has 0 aliphatic heterocycles. The number of thiocyanates is 1. The van der Waals surface area contributed by atoms with Crippen LogP contribution >= 0.6 is 23.4 Å². The highest BCUT2D eigenvalue weighted by Gasteiger charge is 2.23. The van der Waals surface area contributed by atoms with Crippen LogP contribution in [0.3, 0.4) is 0 Å². The first-order chi connectivity index (χ1) is 11.7. The van der Waals surface area contributed by atoms with Gasteiger partial charge in [0.25, 0.3) is 15.7 Å². The number of sulfonamides is 1. The van der Waals surface area contributed by atoms with Crippen LogP contribution < -0.4 is 4.72 Å². The Hall–Kier alpha value is -2.28. The van der Waals surface area contributed by atoms with E-state index in [1.54, 1.807) is 19.1 Å². The molecule has 0 fully saturated rings. The smallest absolute Gasteiger partial charge is 0.275 e. The maximum atomic E-state index is 12.6. The second-order valence-electron chi connectivity index (χ2n) is 5.08. The molecule has 25 heavy (non-hydrogen) atoms. The number of hydrogen-bond donors (Lipinski definition) is 1. The van der Waals surface area contributed by atoms with Gasteiger partial charge in [-0.2, -0.15) is 5.26 Å². The van der Waals surface area contributed by atoms with Crippen LogP contribution in [0.4, 0.5) is 11.4 Å². The molecule has 0 spiro atoms. The van der Waals surface area contributed by atoms with Crippen molar-refractivity contribution in [1.82, 2.24) is 0 Å². The van der Waals surface area contributed by atoms with E-state index < -0.39 is 14.9 Å². The zero-order chi connectivity index (χ0) is 18.8. The molecule has 2 aromatic carbocycles. The Bertz CT molecular complexity index is 1000. The highest BCUT2D eigenvalue weighted by molar-refractivity contribution is 8.03. The van der Waals surface area contributed by atoms with Gasteiger partial charge in [-0.1, -0.05) is 11.6 Å². The lowest BCUT2D eigenvalue weighted by atomic mass is 10.2. The summed E-state index contributed by atoms with van der Waals surface area (Å²) in [6.45, 7) is 3.13. The first-order valence-electron chi connectivity index (χ1n) is 6.79. The first-order valence-corrected chi connectivity index (χ1v) is 9.47. The van der Waals surface area contributed by atoms with Gasteiger partial charge in [-0.25, -0.2) is 8.42 Å². The summed E-state index contributed by atoms with van der Waals surface area (Å²) in [5.41, 5.74) is 0.739. The molecule has 0 atom stereocenters. The van der Waals surface area contributed by atoms with E-state index in [9.17, 15) is 18.5 Å². The Kier molecular flexibility index (Phi) is 5.57. The number of nitrogens with zero attached hydrogens (tertiary/aromatic N) is 2. The normalized spacial score (nSPS) is 11.0. The summed E-state index contributed by atoms with van der Waals surface area (Å²) in [6, 6.07) is 6.93. The van der Waals surface area contributed by atoms with Crippen molar-refractivity contribution in [3.8, 4) is 5.40 Å². The Morgan fingerprint density at radius 1 is 1.28 bits per heavy atom. The third kappa shape index (κ3) is 4.22. The molecule has 0 bridgehead atoms. The van der Waals surface area contributed by atoms with Gasteiger partial charge in [-0.05, 0) is 55.4 Å². The molecule has 0 aromatic heterocycles. The SMILES string of the molecule is Cc1cc(SC#N)ccc1NS(=O)(=O)c1cc(Cl)c(C)c([N+](=O)[O-])c1. The van der Waals surface area contributed by atoms with E-state index in [0.717, 1.165) is 17.8 Å². The molecule has 130 valence electrons. The zero-order valence-corrected chi connectivity index (χ0v) is 15.5. The number of nitro groups is 1. The monoisotopic (exact) mass is 397 g/mol. The second kappa shape index (κ2) is 7.31. The molecular formula is C15H12ClN3O4S2. The number of thioether (sulfide) groups is 1. The Morgan fingerprint density at radius 3 is 2.52 bits per heavy atom. The number of aryl methyl sites for hydroxylation is 1. The van der Waals surface area contributed by atoms with Gasteiger partial charge in [-0.15, -0.1) is 0 Å². The molecule has 2 rings (SSSR count). The maximum absolute atomic E-state index is 12.6. The summed E-state index contributed by atoms with van der Waals surface area (Å²) in [5, 5.41) is 21.7.